The second kappa shape index (κ2) is 12.1. The number of esters is 4. The van der Waals surface area contributed by atoms with Gasteiger partial charge in [0.15, 0.2) is 35.7 Å². The number of rotatable bonds is 8. The van der Waals surface area contributed by atoms with Crippen LogP contribution < -0.4 is 0 Å². The van der Waals surface area contributed by atoms with Crippen LogP contribution in [0.25, 0.3) is 0 Å². The van der Waals surface area contributed by atoms with Gasteiger partial charge in [-0.2, -0.15) is 0 Å². The highest BCUT2D eigenvalue weighted by Crippen LogP contribution is 2.35. The van der Waals surface area contributed by atoms with Crippen LogP contribution in [0, 0.1) is 5.92 Å². The van der Waals surface area contributed by atoms with Gasteiger partial charge in [0.2, 0.25) is 0 Å². The van der Waals surface area contributed by atoms with Crippen molar-refractivity contribution >= 4 is 39.8 Å². The van der Waals surface area contributed by atoms with Crippen molar-refractivity contribution in [2.45, 2.75) is 95.9 Å². The summed E-state index contributed by atoms with van der Waals surface area (Å²) in [4.78, 5) is 46.7. The normalized spacial score (nSPS) is 36.0. The molecule has 2 rings (SSSR count). The first-order valence-corrected chi connectivity index (χ1v) is 11.6. The van der Waals surface area contributed by atoms with E-state index in [0.29, 0.717) is 6.42 Å². The standard InChI is InChI=1S/C21H31BrO11/c1-7-14-9(2)16(28-10(3)23)21(33-14)27-8-15-17(29-11(4)24)18(30-12(5)25)19(20(22)32-15)31-13(6)26/h9,14-21H,7-8H2,1-6H3/t9-,14-,15-,16-,17+,18+,19-,20-,21-/m1/s1. The first-order valence-electron chi connectivity index (χ1n) is 10.7. The lowest BCUT2D eigenvalue weighted by atomic mass is 9.98. The maximum atomic E-state index is 11.8. The molecule has 0 aliphatic carbocycles. The van der Waals surface area contributed by atoms with Crippen molar-refractivity contribution < 1.29 is 52.3 Å². The molecule has 0 unspecified atom stereocenters. The van der Waals surface area contributed by atoms with Gasteiger partial charge >= 0.3 is 23.9 Å². The average molecular weight is 539 g/mol. The van der Waals surface area contributed by atoms with Gasteiger partial charge in [0, 0.05) is 33.6 Å². The molecular weight excluding hydrogens is 508 g/mol. The summed E-state index contributed by atoms with van der Waals surface area (Å²) in [7, 11) is 0. The number of carbonyl (C=O) groups excluding carboxylic acids is 4. The second-order valence-corrected chi connectivity index (χ2v) is 8.87. The van der Waals surface area contributed by atoms with Gasteiger partial charge in [0.1, 0.15) is 6.10 Å². The van der Waals surface area contributed by atoms with Crippen molar-refractivity contribution in [1.29, 1.82) is 0 Å². The lowest BCUT2D eigenvalue weighted by molar-refractivity contribution is -0.251. The van der Waals surface area contributed by atoms with Crippen molar-refractivity contribution in [1.82, 2.24) is 0 Å². The summed E-state index contributed by atoms with van der Waals surface area (Å²) in [6, 6.07) is 0. The Bertz CT molecular complexity index is 729. The smallest absolute Gasteiger partial charge is 0.303 e. The second-order valence-electron chi connectivity index (χ2n) is 7.97. The Labute approximate surface area is 200 Å². The molecule has 2 aliphatic rings. The Balaban J connectivity index is 2.23. The van der Waals surface area contributed by atoms with Crippen LogP contribution in [0.1, 0.15) is 48.0 Å². The molecule has 188 valence electrons. The van der Waals surface area contributed by atoms with Gasteiger partial charge in [-0.3, -0.25) is 19.2 Å². The summed E-state index contributed by atoms with van der Waals surface area (Å²) >= 11 is 3.29. The number of halogens is 1. The van der Waals surface area contributed by atoms with Gasteiger partial charge < -0.3 is 33.2 Å². The van der Waals surface area contributed by atoms with E-state index < -0.39 is 65.7 Å². The van der Waals surface area contributed by atoms with E-state index in [0.717, 1.165) is 0 Å². The zero-order chi connectivity index (χ0) is 24.9. The molecule has 9 atom stereocenters. The van der Waals surface area contributed by atoms with E-state index in [4.69, 9.17) is 33.2 Å². The monoisotopic (exact) mass is 538 g/mol. The molecule has 0 radical (unpaired) electrons. The van der Waals surface area contributed by atoms with Gasteiger partial charge in [-0.15, -0.1) is 0 Å². The van der Waals surface area contributed by atoms with Crippen LogP contribution >= 0.6 is 15.9 Å². The lowest BCUT2D eigenvalue weighted by Crippen LogP contribution is -2.61. The predicted molar refractivity (Wildman–Crippen MR) is 114 cm³/mol. The minimum absolute atomic E-state index is 0.105. The molecule has 0 aromatic rings. The molecule has 0 spiro atoms. The van der Waals surface area contributed by atoms with Crippen LogP contribution in [-0.2, 0) is 52.3 Å². The van der Waals surface area contributed by atoms with Crippen molar-refractivity contribution in [3.8, 4) is 0 Å². The first-order chi connectivity index (χ1) is 15.4. The fourth-order valence-electron chi connectivity index (χ4n) is 3.96. The van der Waals surface area contributed by atoms with Crippen LogP contribution in [0.2, 0.25) is 0 Å². The fourth-order valence-corrected chi connectivity index (χ4v) is 4.64. The molecule has 0 saturated carbocycles. The molecule has 12 heteroatoms. The maximum Gasteiger partial charge on any atom is 0.303 e. The Hall–Kier alpha value is -1.76. The third-order valence-electron chi connectivity index (χ3n) is 5.29. The SMILES string of the molecule is CC[C@H]1O[C@@H](OC[C@H]2O[C@@H](Br)[C@H](OC(C)=O)[C@@H](OC(C)=O)[C@H]2OC(C)=O)[C@H](OC(C)=O)[C@@H]1C. The topological polar surface area (TPSA) is 133 Å². The Kier molecular flexibility index (Phi) is 10.1. The van der Waals surface area contributed by atoms with Crippen LogP contribution in [0.5, 0.6) is 0 Å². The third kappa shape index (κ3) is 7.36. The zero-order valence-electron chi connectivity index (χ0n) is 19.5. The summed E-state index contributed by atoms with van der Waals surface area (Å²) in [6.07, 6.45) is -5.29. The molecular formula is C21H31BrO11. The molecule has 11 nitrogen and oxygen atoms in total. The number of carbonyl (C=O) groups is 4. The molecule has 0 amide bonds. The van der Waals surface area contributed by atoms with Crippen molar-refractivity contribution in [2.24, 2.45) is 5.92 Å². The van der Waals surface area contributed by atoms with Gasteiger partial charge in [-0.25, -0.2) is 0 Å². The minimum atomic E-state index is -1.15. The molecule has 2 fully saturated rings. The third-order valence-corrected chi connectivity index (χ3v) is 6.03. The van der Waals surface area contributed by atoms with Crippen molar-refractivity contribution in [2.75, 3.05) is 6.61 Å². The van der Waals surface area contributed by atoms with Crippen molar-refractivity contribution in [3.63, 3.8) is 0 Å². The van der Waals surface area contributed by atoms with Gasteiger partial charge in [0.05, 0.1) is 12.7 Å². The zero-order valence-corrected chi connectivity index (χ0v) is 21.1. The van der Waals surface area contributed by atoms with Crippen molar-refractivity contribution in [3.05, 3.63) is 0 Å². The van der Waals surface area contributed by atoms with Gasteiger partial charge in [-0.1, -0.05) is 29.8 Å². The highest BCUT2D eigenvalue weighted by Gasteiger charge is 2.52. The molecule has 0 bridgehead atoms. The Morgan fingerprint density at radius 1 is 0.727 bits per heavy atom. The quantitative estimate of drug-likeness (QED) is 0.253. The van der Waals surface area contributed by atoms with E-state index in [9.17, 15) is 19.2 Å². The number of ether oxygens (including phenoxy) is 7. The molecule has 0 N–H and O–H groups in total. The highest BCUT2D eigenvalue weighted by atomic mass is 79.9. The molecule has 33 heavy (non-hydrogen) atoms. The average Bonchev–Trinajstić information content (AvgIpc) is 2.99. The largest absolute Gasteiger partial charge is 0.457 e. The van der Waals surface area contributed by atoms with E-state index in [2.05, 4.69) is 15.9 Å². The summed E-state index contributed by atoms with van der Waals surface area (Å²) in [5.41, 5.74) is 0. The number of hydrogen-bond donors (Lipinski definition) is 0. The fraction of sp³-hybridized carbons (Fsp3) is 0.810. The van der Waals surface area contributed by atoms with Crippen LogP contribution in [0.4, 0.5) is 0 Å². The summed E-state index contributed by atoms with van der Waals surface area (Å²) in [5, 5.41) is -0.887. The molecule has 2 saturated heterocycles. The van der Waals surface area contributed by atoms with E-state index in [-0.39, 0.29) is 18.6 Å². The number of alkyl halides is 1. The molecule has 0 aromatic carbocycles. The number of hydrogen-bond acceptors (Lipinski definition) is 11. The van der Waals surface area contributed by atoms with Crippen LogP contribution in [0.15, 0.2) is 0 Å². The molecule has 0 aromatic heterocycles. The van der Waals surface area contributed by atoms with E-state index in [1.807, 2.05) is 13.8 Å². The van der Waals surface area contributed by atoms with Crippen LogP contribution in [-0.4, -0.2) is 78.4 Å². The molecule has 2 aliphatic heterocycles. The summed E-state index contributed by atoms with van der Waals surface area (Å²) in [6.45, 7) is 8.56. The minimum Gasteiger partial charge on any atom is -0.457 e. The highest BCUT2D eigenvalue weighted by molar-refractivity contribution is 9.09. The van der Waals surface area contributed by atoms with E-state index >= 15 is 0 Å². The van der Waals surface area contributed by atoms with Crippen LogP contribution in [0.3, 0.4) is 0 Å². The maximum absolute atomic E-state index is 11.8. The Morgan fingerprint density at radius 2 is 1.21 bits per heavy atom. The predicted octanol–water partition coefficient (Wildman–Crippen LogP) is 1.62. The summed E-state index contributed by atoms with van der Waals surface area (Å²) in [5.74, 6) is -2.53. The first kappa shape index (κ1) is 27.5. The van der Waals surface area contributed by atoms with E-state index in [1.54, 1.807) is 0 Å². The van der Waals surface area contributed by atoms with E-state index in [1.165, 1.54) is 27.7 Å². The van der Waals surface area contributed by atoms with Gasteiger partial charge in [-0.05, 0) is 6.42 Å². The lowest BCUT2D eigenvalue weighted by Gasteiger charge is -2.43. The van der Waals surface area contributed by atoms with Gasteiger partial charge in [0.25, 0.3) is 0 Å². The Morgan fingerprint density at radius 3 is 1.73 bits per heavy atom. The summed E-state index contributed by atoms with van der Waals surface area (Å²) < 4.78 is 39.1. The molecule has 2 heterocycles.